The number of rotatable bonds is 29. The molecule has 24 nitrogen and oxygen atoms in total. The summed E-state index contributed by atoms with van der Waals surface area (Å²) < 4.78 is 0. The van der Waals surface area contributed by atoms with Gasteiger partial charge in [0.05, 0.1) is 12.9 Å². The smallest absolute Gasteiger partial charge is 0.326 e. The van der Waals surface area contributed by atoms with E-state index in [2.05, 4.69) is 62.8 Å². The number of hydrogen-bond donors (Lipinski definition) is 14. The van der Waals surface area contributed by atoms with Crippen LogP contribution in [0.2, 0.25) is 0 Å². The third-order valence-electron chi connectivity index (χ3n) is 13.0. The van der Waals surface area contributed by atoms with Crippen LogP contribution < -0.4 is 59.3 Å². The number of amides is 7. The number of phenols is 1. The van der Waals surface area contributed by atoms with Gasteiger partial charge in [-0.15, -0.1) is 0 Å². The highest BCUT2D eigenvalue weighted by atomic mass is 16.4. The highest BCUT2D eigenvalue weighted by Crippen LogP contribution is 2.19. The topological polar surface area (TPSA) is 378 Å². The first-order chi connectivity index (χ1) is 36.7. The van der Waals surface area contributed by atoms with Gasteiger partial charge in [-0.3, -0.25) is 38.6 Å². The Kier molecular flexibility index (Phi) is 22.7. The Labute approximate surface area is 446 Å². The Morgan fingerprint density at radius 2 is 1.27 bits per heavy atom. The molecule has 3 aromatic carbocycles. The molecule has 5 rings (SSSR count). The number of likely N-dealkylation sites (N-methyl/N-ethyl adjacent to an activating group) is 1. The fourth-order valence-corrected chi connectivity index (χ4v) is 8.84. The molecule has 1 fully saturated rings. The summed E-state index contributed by atoms with van der Waals surface area (Å²) in [6.45, 7) is 7.31. The van der Waals surface area contributed by atoms with Gasteiger partial charge in [0.25, 0.3) is 0 Å². The minimum absolute atomic E-state index is 0.0394. The van der Waals surface area contributed by atoms with Crippen LogP contribution in [0.25, 0.3) is 10.8 Å². The number of aromatic nitrogens is 2. The first-order valence-electron chi connectivity index (χ1n) is 25.7. The second-order valence-corrected chi connectivity index (χ2v) is 19.8. The van der Waals surface area contributed by atoms with E-state index >= 15 is 0 Å². The van der Waals surface area contributed by atoms with Gasteiger partial charge >= 0.3 is 5.97 Å². The second-order valence-electron chi connectivity index (χ2n) is 19.8. The van der Waals surface area contributed by atoms with Crippen molar-refractivity contribution in [2.24, 2.45) is 28.3 Å². The monoisotopic (exact) mass is 1070 g/mol. The van der Waals surface area contributed by atoms with Crippen LogP contribution in [0.4, 0.5) is 0 Å². The molecule has 8 atom stereocenters. The molecule has 2 heterocycles. The van der Waals surface area contributed by atoms with Crippen LogP contribution in [0.5, 0.6) is 5.75 Å². The van der Waals surface area contributed by atoms with Crippen molar-refractivity contribution in [2.75, 3.05) is 26.7 Å². The Hall–Kier alpha value is -8.12. The Morgan fingerprint density at radius 3 is 1.84 bits per heavy atom. The number of H-pyrrole nitrogens is 1. The molecular weight excluding hydrogens is 993 g/mol. The summed E-state index contributed by atoms with van der Waals surface area (Å²) in [5, 5.41) is 47.2. The van der Waals surface area contributed by atoms with E-state index in [1.54, 1.807) is 52.9 Å². The van der Waals surface area contributed by atoms with Gasteiger partial charge in [-0.1, -0.05) is 82.3 Å². The number of benzene rings is 3. The number of aromatic amines is 1. The summed E-state index contributed by atoms with van der Waals surface area (Å²) in [4.78, 5) is 122. The average Bonchev–Trinajstić information content (AvgIpc) is 4.13. The van der Waals surface area contributed by atoms with Crippen molar-refractivity contribution in [3.8, 4) is 5.75 Å². The lowest BCUT2D eigenvalue weighted by molar-refractivity contribution is -0.142. The van der Waals surface area contributed by atoms with E-state index in [9.17, 15) is 48.6 Å². The summed E-state index contributed by atoms with van der Waals surface area (Å²) in [6.07, 6.45) is 4.11. The number of phenolic OH excluding ortho intramolecular Hbond substituents is 1. The molecule has 0 bridgehead atoms. The summed E-state index contributed by atoms with van der Waals surface area (Å²) in [6, 6.07) is 9.46. The number of carbonyl (C=O) groups is 8. The number of aliphatic carboxylic acids is 1. The van der Waals surface area contributed by atoms with Crippen LogP contribution in [-0.4, -0.2) is 148 Å². The van der Waals surface area contributed by atoms with Gasteiger partial charge in [0.2, 0.25) is 41.4 Å². The molecule has 0 spiro atoms. The fourth-order valence-electron chi connectivity index (χ4n) is 8.84. The zero-order valence-electron chi connectivity index (χ0n) is 44.1. The molecule has 77 heavy (non-hydrogen) atoms. The predicted molar refractivity (Wildman–Crippen MR) is 287 cm³/mol. The molecule has 1 aliphatic rings. The molecule has 0 saturated carbocycles. The number of nitrogens with two attached hydrogens (primary N) is 2. The van der Waals surface area contributed by atoms with Gasteiger partial charge in [0, 0.05) is 43.7 Å². The third kappa shape index (κ3) is 18.6. The zero-order chi connectivity index (χ0) is 56.2. The number of carboxylic acids is 1. The van der Waals surface area contributed by atoms with Crippen molar-refractivity contribution in [3.05, 3.63) is 96.1 Å². The molecule has 16 N–H and O–H groups in total. The number of carboxylic acid groups (broad SMARTS) is 1. The highest BCUT2D eigenvalue weighted by molar-refractivity contribution is 5.98. The van der Waals surface area contributed by atoms with E-state index in [-0.39, 0.29) is 50.5 Å². The van der Waals surface area contributed by atoms with Crippen molar-refractivity contribution < 1.29 is 48.6 Å². The van der Waals surface area contributed by atoms with E-state index in [1.807, 2.05) is 36.4 Å². The van der Waals surface area contributed by atoms with Crippen LogP contribution in [-0.2, 0) is 57.6 Å². The minimum atomic E-state index is -1.37. The SMILES string of the molecule is CNCC(=O)NC(CCCN=C(N)N)C(=O)NC(C(=O)NC(Cc1ccc(O)cc1)C(=O)NC(C(=O)NC(Cc1cnc[nH]1)C(=O)NC(C(=O)NC(Cc1ccc2ccccc2c1)C(=O)O)C1CCCN1)C(C)C)C(C)C. The van der Waals surface area contributed by atoms with Crippen molar-refractivity contribution >= 4 is 64.1 Å². The Morgan fingerprint density at radius 1 is 0.688 bits per heavy atom. The molecule has 1 aromatic heterocycles. The van der Waals surface area contributed by atoms with E-state index in [0.717, 1.165) is 10.8 Å². The number of aromatic hydroxyl groups is 1. The summed E-state index contributed by atoms with van der Waals surface area (Å²) in [5.41, 5.74) is 12.5. The molecule has 416 valence electrons. The normalized spacial score (nSPS) is 15.9. The maximum absolute atomic E-state index is 14.5. The first-order valence-corrected chi connectivity index (χ1v) is 25.7. The Balaban J connectivity index is 1.35. The molecule has 24 heteroatoms. The van der Waals surface area contributed by atoms with Crippen LogP contribution in [0.3, 0.4) is 0 Å². The van der Waals surface area contributed by atoms with E-state index in [0.29, 0.717) is 42.6 Å². The highest BCUT2D eigenvalue weighted by Gasteiger charge is 2.38. The molecule has 1 aliphatic heterocycles. The summed E-state index contributed by atoms with van der Waals surface area (Å²) >= 11 is 0. The molecular formula is C53H74N14O10. The van der Waals surface area contributed by atoms with E-state index in [4.69, 9.17) is 11.5 Å². The molecule has 0 radical (unpaired) electrons. The number of guanidine groups is 1. The average molecular weight is 1070 g/mol. The second kappa shape index (κ2) is 29.3. The Bertz CT molecular complexity index is 2670. The maximum Gasteiger partial charge on any atom is 0.326 e. The first kappa shape index (κ1) is 59.8. The minimum Gasteiger partial charge on any atom is -0.508 e. The summed E-state index contributed by atoms with van der Waals surface area (Å²) in [5.74, 6) is -7.65. The molecule has 1 saturated heterocycles. The van der Waals surface area contributed by atoms with Crippen molar-refractivity contribution in [2.45, 2.75) is 121 Å². The standard InChI is InChI=1S/C53H74N14O10/c1-29(2)43(65-46(70)38(61-42(69)27-56-5)13-9-21-59-53(54)55)49(73)62-39(23-31-15-18-36(68)19-16-31)47(71)66-44(30(3)4)50(74)63-40(25-35-26-57-28-60-35)48(72)67-45(37-12-8-20-58-37)51(75)64-41(52(76)77)24-32-14-17-33-10-6-7-11-34(33)22-32/h6-7,10-11,14-19,22,26,28-30,37-41,43-45,56,58,68H,8-9,12-13,20-21,23-25,27H2,1-5H3,(H,57,60)(H,61,69)(H,62,73)(H,63,74)(H,64,75)(H,65,70)(H,66,71)(H,67,72)(H,76,77)(H4,54,55,59). The van der Waals surface area contributed by atoms with Crippen molar-refractivity contribution in [1.29, 1.82) is 0 Å². The quantitative estimate of drug-likeness (QED) is 0.0178. The molecule has 0 aliphatic carbocycles. The van der Waals surface area contributed by atoms with Gasteiger partial charge < -0.3 is 74.5 Å². The lowest BCUT2D eigenvalue weighted by Gasteiger charge is -2.30. The van der Waals surface area contributed by atoms with Gasteiger partial charge in [-0.2, -0.15) is 0 Å². The molecule has 7 amide bonds. The van der Waals surface area contributed by atoms with Crippen LogP contribution in [0, 0.1) is 11.8 Å². The lowest BCUT2D eigenvalue weighted by atomic mass is 9.98. The number of nitrogens with zero attached hydrogens (tertiary/aromatic N) is 2. The lowest BCUT2D eigenvalue weighted by Crippen LogP contribution is -2.63. The van der Waals surface area contributed by atoms with E-state index in [1.165, 1.54) is 24.7 Å². The van der Waals surface area contributed by atoms with Gasteiger partial charge in [-0.25, -0.2) is 9.78 Å². The zero-order valence-corrected chi connectivity index (χ0v) is 44.1. The van der Waals surface area contributed by atoms with Crippen molar-refractivity contribution in [1.82, 2.24) is 57.8 Å². The third-order valence-corrected chi connectivity index (χ3v) is 13.0. The summed E-state index contributed by atoms with van der Waals surface area (Å²) in [7, 11) is 1.57. The van der Waals surface area contributed by atoms with E-state index < -0.39 is 107 Å². The van der Waals surface area contributed by atoms with Crippen LogP contribution in [0.1, 0.15) is 70.2 Å². The van der Waals surface area contributed by atoms with Crippen LogP contribution in [0.15, 0.2) is 84.2 Å². The number of imidazole rings is 1. The van der Waals surface area contributed by atoms with Gasteiger partial charge in [0.1, 0.15) is 48.0 Å². The van der Waals surface area contributed by atoms with Crippen LogP contribution >= 0.6 is 0 Å². The number of hydrogen-bond acceptors (Lipinski definition) is 13. The predicted octanol–water partition coefficient (Wildman–Crippen LogP) is -0.888. The number of aliphatic imine (C=N–C) groups is 1. The number of carbonyl (C=O) groups excluding carboxylic acids is 7. The molecule has 4 aromatic rings. The fraction of sp³-hybridized carbons (Fsp3) is 0.472. The van der Waals surface area contributed by atoms with Gasteiger partial charge in [0.15, 0.2) is 5.96 Å². The van der Waals surface area contributed by atoms with Gasteiger partial charge in [-0.05, 0) is 85.1 Å². The number of fused-ring (bicyclic) bond motifs is 1. The maximum atomic E-state index is 14.5. The largest absolute Gasteiger partial charge is 0.508 e. The molecule has 8 unspecified atom stereocenters. The number of nitrogens with one attached hydrogen (secondary N) is 10. The van der Waals surface area contributed by atoms with Crippen molar-refractivity contribution in [3.63, 3.8) is 0 Å².